The number of aromatic nitrogens is 2. The minimum atomic E-state index is -0.497. The van der Waals surface area contributed by atoms with E-state index in [1.165, 1.54) is 0 Å². The fourth-order valence-electron chi connectivity index (χ4n) is 1.74. The molecule has 4 heteroatoms. The fraction of sp³-hybridized carbons (Fsp3) is 0.308. The van der Waals surface area contributed by atoms with E-state index in [0.717, 1.165) is 11.4 Å². The van der Waals surface area contributed by atoms with Crippen LogP contribution in [0.25, 0.3) is 0 Å². The smallest absolute Gasteiger partial charge is 0.150 e. The first kappa shape index (κ1) is 11.7. The number of likely N-dealkylation sites (N-methyl/N-ethyl adjacent to an activating group) is 1. The molecule has 0 bridgehead atoms. The van der Waals surface area contributed by atoms with Crippen molar-refractivity contribution in [2.24, 2.45) is 7.05 Å². The topological polar surface area (TPSA) is 41.3 Å². The number of aliphatic hydroxyl groups excluding tert-OH is 1. The molecule has 0 amide bonds. The first-order valence-electron chi connectivity index (χ1n) is 5.60. The van der Waals surface area contributed by atoms with E-state index in [-0.39, 0.29) is 0 Å². The number of aryl methyl sites for hydroxylation is 1. The molecule has 1 heterocycles. The van der Waals surface area contributed by atoms with Gasteiger partial charge in [-0.1, -0.05) is 30.3 Å². The summed E-state index contributed by atoms with van der Waals surface area (Å²) in [6.45, 7) is 0.529. The van der Waals surface area contributed by atoms with E-state index in [0.29, 0.717) is 6.54 Å². The summed E-state index contributed by atoms with van der Waals surface area (Å²) in [5.74, 6) is 0.863. The first-order chi connectivity index (χ1) is 8.16. The summed E-state index contributed by atoms with van der Waals surface area (Å²) >= 11 is 0. The molecule has 1 aromatic carbocycles. The van der Waals surface area contributed by atoms with Crippen molar-refractivity contribution in [3.8, 4) is 0 Å². The molecule has 0 saturated carbocycles. The highest BCUT2D eigenvalue weighted by atomic mass is 16.3. The van der Waals surface area contributed by atoms with Crippen molar-refractivity contribution < 1.29 is 5.11 Å². The van der Waals surface area contributed by atoms with Gasteiger partial charge in [0.05, 0.1) is 6.10 Å². The normalized spacial score (nSPS) is 12.4. The van der Waals surface area contributed by atoms with Crippen LogP contribution in [0.4, 0.5) is 5.82 Å². The molecule has 17 heavy (non-hydrogen) atoms. The summed E-state index contributed by atoms with van der Waals surface area (Å²) in [7, 11) is 3.81. The van der Waals surface area contributed by atoms with E-state index in [9.17, 15) is 5.11 Å². The van der Waals surface area contributed by atoms with Gasteiger partial charge >= 0.3 is 0 Å². The Labute approximate surface area is 101 Å². The Kier molecular flexibility index (Phi) is 3.44. The van der Waals surface area contributed by atoms with Gasteiger partial charge in [0.1, 0.15) is 5.82 Å². The third-order valence-electron chi connectivity index (χ3n) is 2.72. The van der Waals surface area contributed by atoms with Crippen molar-refractivity contribution >= 4 is 5.82 Å². The highest BCUT2D eigenvalue weighted by Gasteiger charge is 2.12. The zero-order valence-corrected chi connectivity index (χ0v) is 10.1. The van der Waals surface area contributed by atoms with Gasteiger partial charge in [0.15, 0.2) is 0 Å². The van der Waals surface area contributed by atoms with Crippen LogP contribution in [0.5, 0.6) is 0 Å². The molecule has 0 saturated heterocycles. The number of aliphatic hydroxyl groups is 1. The molecule has 0 fully saturated rings. The number of anilines is 1. The van der Waals surface area contributed by atoms with Crippen molar-refractivity contribution in [1.82, 2.24) is 9.78 Å². The van der Waals surface area contributed by atoms with Crippen LogP contribution in [0.2, 0.25) is 0 Å². The summed E-state index contributed by atoms with van der Waals surface area (Å²) in [4.78, 5) is 1.94. The highest BCUT2D eigenvalue weighted by Crippen LogP contribution is 2.16. The largest absolute Gasteiger partial charge is 0.387 e. The molecule has 90 valence electrons. The SMILES string of the molecule is CN(C[C@@H](O)c1ccccc1)c1ccn(C)n1. The third-order valence-corrected chi connectivity index (χ3v) is 2.72. The fourth-order valence-corrected chi connectivity index (χ4v) is 1.74. The molecule has 0 unspecified atom stereocenters. The number of benzene rings is 1. The maximum absolute atomic E-state index is 10.1. The predicted octanol–water partition coefficient (Wildman–Crippen LogP) is 1.59. The van der Waals surface area contributed by atoms with Crippen molar-refractivity contribution in [2.75, 3.05) is 18.5 Å². The third kappa shape index (κ3) is 2.85. The maximum atomic E-state index is 10.1. The minimum absolute atomic E-state index is 0.497. The van der Waals surface area contributed by atoms with E-state index in [1.807, 2.05) is 61.6 Å². The van der Waals surface area contributed by atoms with Crippen LogP contribution in [0, 0.1) is 0 Å². The summed E-state index contributed by atoms with van der Waals surface area (Å²) in [6.07, 6.45) is 1.39. The lowest BCUT2D eigenvalue weighted by Crippen LogP contribution is -2.24. The molecule has 1 atom stereocenters. The van der Waals surface area contributed by atoms with Crippen LogP contribution in [0.15, 0.2) is 42.6 Å². The van der Waals surface area contributed by atoms with Gasteiger partial charge in [0.2, 0.25) is 0 Å². The molecule has 2 aromatic rings. The molecule has 0 radical (unpaired) electrons. The Hall–Kier alpha value is -1.81. The van der Waals surface area contributed by atoms with Gasteiger partial charge < -0.3 is 10.0 Å². The van der Waals surface area contributed by atoms with Crippen LogP contribution in [0.3, 0.4) is 0 Å². The zero-order valence-electron chi connectivity index (χ0n) is 10.1. The van der Waals surface area contributed by atoms with E-state index in [4.69, 9.17) is 0 Å². The highest BCUT2D eigenvalue weighted by molar-refractivity contribution is 5.36. The van der Waals surface area contributed by atoms with Gasteiger partial charge in [-0.3, -0.25) is 4.68 Å². The Morgan fingerprint density at radius 2 is 2.00 bits per heavy atom. The summed E-state index contributed by atoms with van der Waals surface area (Å²) in [5, 5.41) is 14.4. The van der Waals surface area contributed by atoms with Crippen LogP contribution in [-0.2, 0) is 7.05 Å². The molecule has 4 nitrogen and oxygen atoms in total. The molecule has 0 aliphatic heterocycles. The Morgan fingerprint density at radius 3 is 2.59 bits per heavy atom. The van der Waals surface area contributed by atoms with E-state index in [2.05, 4.69) is 5.10 Å². The van der Waals surface area contributed by atoms with Gasteiger partial charge in [-0.15, -0.1) is 0 Å². The van der Waals surface area contributed by atoms with E-state index >= 15 is 0 Å². The van der Waals surface area contributed by atoms with Crippen molar-refractivity contribution in [1.29, 1.82) is 0 Å². The monoisotopic (exact) mass is 231 g/mol. The number of hydrogen-bond acceptors (Lipinski definition) is 3. The predicted molar refractivity (Wildman–Crippen MR) is 67.9 cm³/mol. The second-order valence-corrected chi connectivity index (χ2v) is 4.15. The Balaban J connectivity index is 2.02. The second-order valence-electron chi connectivity index (χ2n) is 4.15. The molecular formula is C13H17N3O. The lowest BCUT2D eigenvalue weighted by Gasteiger charge is -2.20. The Bertz CT molecular complexity index is 467. The van der Waals surface area contributed by atoms with Crippen LogP contribution in [-0.4, -0.2) is 28.5 Å². The summed E-state index contributed by atoms with van der Waals surface area (Å²) < 4.78 is 1.75. The molecule has 1 N–H and O–H groups in total. The van der Waals surface area contributed by atoms with Gasteiger partial charge in [-0.2, -0.15) is 5.10 Å². The molecule has 1 aromatic heterocycles. The van der Waals surface area contributed by atoms with Gasteiger partial charge in [-0.05, 0) is 5.56 Å². The molecule has 2 rings (SSSR count). The lowest BCUT2D eigenvalue weighted by molar-refractivity contribution is 0.185. The zero-order chi connectivity index (χ0) is 12.3. The Morgan fingerprint density at radius 1 is 1.29 bits per heavy atom. The van der Waals surface area contributed by atoms with Crippen LogP contribution < -0.4 is 4.90 Å². The van der Waals surface area contributed by atoms with Gasteiger partial charge in [0, 0.05) is 32.9 Å². The summed E-state index contributed by atoms with van der Waals surface area (Å²) in [5.41, 5.74) is 0.926. The number of hydrogen-bond donors (Lipinski definition) is 1. The van der Waals surface area contributed by atoms with Crippen LogP contribution in [0.1, 0.15) is 11.7 Å². The molecule has 0 spiro atoms. The molecule has 0 aliphatic rings. The van der Waals surface area contributed by atoms with Crippen molar-refractivity contribution in [2.45, 2.75) is 6.10 Å². The van der Waals surface area contributed by atoms with Crippen molar-refractivity contribution in [3.63, 3.8) is 0 Å². The summed E-state index contributed by atoms with van der Waals surface area (Å²) in [6, 6.07) is 11.6. The van der Waals surface area contributed by atoms with Gasteiger partial charge in [-0.25, -0.2) is 0 Å². The lowest BCUT2D eigenvalue weighted by atomic mass is 10.1. The average Bonchev–Trinajstić information content (AvgIpc) is 2.77. The van der Waals surface area contributed by atoms with Crippen LogP contribution >= 0.6 is 0 Å². The minimum Gasteiger partial charge on any atom is -0.387 e. The first-order valence-corrected chi connectivity index (χ1v) is 5.60. The van der Waals surface area contributed by atoms with E-state index in [1.54, 1.807) is 4.68 Å². The quantitative estimate of drug-likeness (QED) is 0.868. The number of rotatable bonds is 4. The standard InChI is InChI=1S/C13H17N3O/c1-15(13-8-9-16(2)14-13)10-12(17)11-6-4-3-5-7-11/h3-9,12,17H,10H2,1-2H3/t12-/m1/s1. The maximum Gasteiger partial charge on any atom is 0.150 e. The average molecular weight is 231 g/mol. The van der Waals surface area contributed by atoms with Gasteiger partial charge in [0.25, 0.3) is 0 Å². The molecular weight excluding hydrogens is 214 g/mol. The molecule has 0 aliphatic carbocycles. The van der Waals surface area contributed by atoms with E-state index < -0.39 is 6.10 Å². The van der Waals surface area contributed by atoms with Crippen molar-refractivity contribution in [3.05, 3.63) is 48.2 Å². The number of nitrogens with zero attached hydrogens (tertiary/aromatic N) is 3. The second kappa shape index (κ2) is 5.01.